The number of hydrogen-bond donors (Lipinski definition) is 1. The maximum Gasteiger partial charge on any atom is 0.307 e. The highest BCUT2D eigenvalue weighted by molar-refractivity contribution is 7.16. The van der Waals surface area contributed by atoms with Crippen LogP contribution in [-0.2, 0) is 4.79 Å². The highest BCUT2D eigenvalue weighted by Crippen LogP contribution is 2.41. The summed E-state index contributed by atoms with van der Waals surface area (Å²) in [6, 6.07) is 0. The van der Waals surface area contributed by atoms with Crippen molar-refractivity contribution in [2.75, 3.05) is 0 Å². The molecule has 0 spiro atoms. The van der Waals surface area contributed by atoms with E-state index in [2.05, 4.69) is 15.3 Å². The van der Waals surface area contributed by atoms with Crippen molar-refractivity contribution in [1.82, 2.24) is 19.8 Å². The first-order chi connectivity index (χ1) is 9.08. The molecule has 19 heavy (non-hydrogen) atoms. The smallest absolute Gasteiger partial charge is 0.307 e. The minimum absolute atomic E-state index is 0.0317. The van der Waals surface area contributed by atoms with Crippen LogP contribution in [0, 0.1) is 5.92 Å². The number of nitrogens with zero attached hydrogens (tertiary/aromatic N) is 4. The molecule has 0 aliphatic heterocycles. The molecule has 1 aliphatic carbocycles. The predicted octanol–water partition coefficient (Wildman–Crippen LogP) is 2.28. The highest BCUT2D eigenvalue weighted by atomic mass is 32.1. The molecule has 0 bridgehead atoms. The van der Waals surface area contributed by atoms with Crippen LogP contribution in [0.4, 0.5) is 0 Å². The molecule has 0 amide bonds. The molecule has 2 aromatic heterocycles. The van der Waals surface area contributed by atoms with Gasteiger partial charge in [0.1, 0.15) is 5.01 Å². The van der Waals surface area contributed by atoms with Crippen LogP contribution in [0.1, 0.15) is 55.8 Å². The van der Waals surface area contributed by atoms with Crippen molar-refractivity contribution in [3.63, 3.8) is 0 Å². The van der Waals surface area contributed by atoms with Crippen molar-refractivity contribution in [1.29, 1.82) is 0 Å². The Balaban J connectivity index is 1.99. The summed E-state index contributed by atoms with van der Waals surface area (Å²) >= 11 is 1.47. The molecule has 2 aromatic rings. The summed E-state index contributed by atoms with van der Waals surface area (Å²) in [4.78, 5) is 12.0. The van der Waals surface area contributed by atoms with Gasteiger partial charge >= 0.3 is 5.97 Å². The number of fused-ring (bicyclic) bond motifs is 1. The van der Waals surface area contributed by atoms with Crippen LogP contribution < -0.4 is 0 Å². The number of aromatic nitrogens is 4. The molecule has 1 aliphatic rings. The number of carboxylic acid groups (broad SMARTS) is 1. The Hall–Kier alpha value is -1.50. The van der Waals surface area contributed by atoms with E-state index in [1.807, 2.05) is 13.8 Å². The van der Waals surface area contributed by atoms with Crippen molar-refractivity contribution < 1.29 is 9.90 Å². The van der Waals surface area contributed by atoms with Crippen molar-refractivity contribution in [3.05, 3.63) is 10.8 Å². The van der Waals surface area contributed by atoms with Gasteiger partial charge in [-0.15, -0.1) is 10.2 Å². The minimum Gasteiger partial charge on any atom is -0.481 e. The topological polar surface area (TPSA) is 80.4 Å². The Labute approximate surface area is 114 Å². The zero-order chi connectivity index (χ0) is 13.6. The van der Waals surface area contributed by atoms with Gasteiger partial charge in [0.15, 0.2) is 5.82 Å². The van der Waals surface area contributed by atoms with Crippen molar-refractivity contribution in [3.8, 4) is 0 Å². The normalized spacial score (nSPS) is 23.5. The second-order valence-corrected chi connectivity index (χ2v) is 6.32. The van der Waals surface area contributed by atoms with Gasteiger partial charge in [0.05, 0.1) is 5.92 Å². The number of carboxylic acids is 1. The third kappa shape index (κ3) is 2.01. The molecule has 0 saturated heterocycles. The summed E-state index contributed by atoms with van der Waals surface area (Å²) in [6.45, 7) is 4.09. The van der Waals surface area contributed by atoms with Crippen LogP contribution in [0.15, 0.2) is 0 Å². The van der Waals surface area contributed by atoms with Gasteiger partial charge in [-0.05, 0) is 12.8 Å². The van der Waals surface area contributed by atoms with Gasteiger partial charge in [-0.1, -0.05) is 31.6 Å². The molecular weight excluding hydrogens is 264 g/mol. The van der Waals surface area contributed by atoms with E-state index < -0.39 is 5.97 Å². The lowest BCUT2D eigenvalue weighted by Crippen LogP contribution is -2.17. The van der Waals surface area contributed by atoms with Crippen molar-refractivity contribution in [2.24, 2.45) is 5.92 Å². The molecular formula is C12H16N4O2S. The van der Waals surface area contributed by atoms with Gasteiger partial charge in [0.25, 0.3) is 0 Å². The van der Waals surface area contributed by atoms with E-state index in [-0.39, 0.29) is 17.8 Å². The van der Waals surface area contributed by atoms with Crippen LogP contribution in [0.3, 0.4) is 0 Å². The quantitative estimate of drug-likeness (QED) is 0.933. The molecule has 102 valence electrons. The minimum atomic E-state index is -0.711. The highest BCUT2D eigenvalue weighted by Gasteiger charge is 2.36. The Bertz CT molecular complexity index is 618. The zero-order valence-corrected chi connectivity index (χ0v) is 11.7. The van der Waals surface area contributed by atoms with E-state index in [4.69, 9.17) is 0 Å². The largest absolute Gasteiger partial charge is 0.481 e. The molecule has 6 nitrogen and oxygen atoms in total. The van der Waals surface area contributed by atoms with Crippen LogP contribution >= 0.6 is 11.3 Å². The Morgan fingerprint density at radius 2 is 2.21 bits per heavy atom. The van der Waals surface area contributed by atoms with Crippen LogP contribution in [0.2, 0.25) is 0 Å². The van der Waals surface area contributed by atoms with Crippen LogP contribution in [-0.4, -0.2) is 30.9 Å². The Kier molecular flexibility index (Phi) is 3.00. The molecule has 0 radical (unpaired) electrons. The average Bonchev–Trinajstić information content (AvgIpc) is 3.01. The first kappa shape index (κ1) is 12.5. The lowest BCUT2D eigenvalue weighted by atomic mass is 9.97. The molecule has 3 rings (SSSR count). The van der Waals surface area contributed by atoms with Gasteiger partial charge in [-0.3, -0.25) is 4.79 Å². The Morgan fingerprint density at radius 3 is 2.89 bits per heavy atom. The second-order valence-electron chi connectivity index (χ2n) is 5.33. The van der Waals surface area contributed by atoms with E-state index >= 15 is 0 Å². The zero-order valence-electron chi connectivity index (χ0n) is 10.9. The third-order valence-electron chi connectivity index (χ3n) is 3.70. The second kappa shape index (κ2) is 4.56. The first-order valence-corrected chi connectivity index (χ1v) is 7.34. The van der Waals surface area contributed by atoms with Crippen molar-refractivity contribution in [2.45, 2.75) is 44.9 Å². The summed E-state index contributed by atoms with van der Waals surface area (Å²) < 4.78 is 1.77. The number of rotatable bonds is 3. The molecule has 2 unspecified atom stereocenters. The monoisotopic (exact) mass is 280 g/mol. The van der Waals surface area contributed by atoms with Crippen molar-refractivity contribution >= 4 is 22.3 Å². The van der Waals surface area contributed by atoms with E-state index in [0.29, 0.717) is 0 Å². The molecule has 7 heteroatoms. The van der Waals surface area contributed by atoms with E-state index in [9.17, 15) is 9.90 Å². The molecule has 1 saturated carbocycles. The summed E-state index contributed by atoms with van der Waals surface area (Å²) in [7, 11) is 0. The van der Waals surface area contributed by atoms with Gasteiger partial charge < -0.3 is 5.11 Å². The predicted molar refractivity (Wildman–Crippen MR) is 70.5 cm³/mol. The van der Waals surface area contributed by atoms with Gasteiger partial charge in [-0.25, -0.2) is 0 Å². The lowest BCUT2D eigenvalue weighted by Gasteiger charge is -2.11. The number of carbonyl (C=O) groups is 1. The average molecular weight is 280 g/mol. The van der Waals surface area contributed by atoms with E-state index in [1.54, 1.807) is 4.52 Å². The maximum atomic E-state index is 11.3. The summed E-state index contributed by atoms with van der Waals surface area (Å²) in [5.41, 5.74) is 0. The molecule has 1 fully saturated rings. The van der Waals surface area contributed by atoms with E-state index in [0.717, 1.165) is 35.1 Å². The molecule has 0 aromatic carbocycles. The Morgan fingerprint density at radius 1 is 1.42 bits per heavy atom. The summed E-state index contributed by atoms with van der Waals surface area (Å²) in [6.07, 6.45) is 2.61. The molecule has 2 atom stereocenters. The number of aliphatic carboxylic acids is 1. The maximum absolute atomic E-state index is 11.3. The third-order valence-corrected chi connectivity index (χ3v) is 4.73. The standard InChI is InChI=1S/C12H16N4O2S/c1-6(2)9-13-14-12-16(9)15-10(19-12)7-4-3-5-8(7)11(17)18/h6-8H,3-5H2,1-2H3,(H,17,18). The SMILES string of the molecule is CC(C)c1nnc2sc(C3CCCC3C(=O)O)nn12. The number of hydrogen-bond acceptors (Lipinski definition) is 5. The van der Waals surface area contributed by atoms with Gasteiger partial charge in [-0.2, -0.15) is 9.61 Å². The molecule has 2 heterocycles. The summed E-state index contributed by atoms with van der Waals surface area (Å²) in [5, 5.41) is 22.9. The fourth-order valence-electron chi connectivity index (χ4n) is 2.71. The van der Waals surface area contributed by atoms with Crippen LogP contribution in [0.5, 0.6) is 0 Å². The fourth-order valence-corrected chi connectivity index (χ4v) is 3.75. The molecule has 1 N–H and O–H groups in total. The lowest BCUT2D eigenvalue weighted by molar-refractivity contribution is -0.142. The fraction of sp³-hybridized carbons (Fsp3) is 0.667. The van der Waals surface area contributed by atoms with Gasteiger partial charge in [0.2, 0.25) is 4.96 Å². The van der Waals surface area contributed by atoms with E-state index in [1.165, 1.54) is 11.3 Å². The van der Waals surface area contributed by atoms with Gasteiger partial charge in [0, 0.05) is 11.8 Å². The first-order valence-electron chi connectivity index (χ1n) is 6.52. The van der Waals surface area contributed by atoms with Crippen LogP contribution in [0.25, 0.3) is 4.96 Å². The summed E-state index contributed by atoms with van der Waals surface area (Å²) in [5.74, 6) is 0.110.